The van der Waals surface area contributed by atoms with E-state index in [2.05, 4.69) is 0 Å². The number of nitrogens with zero attached hydrogens (tertiary/aromatic N) is 2. The number of nitrogens with two attached hydrogens (primary N) is 1. The molecule has 3 N–H and O–H groups in total. The number of aliphatic carboxylic acids is 1. The molecular formula is C12H15N3O6. The van der Waals surface area contributed by atoms with Gasteiger partial charge in [-0.15, -0.1) is 0 Å². The fourth-order valence-electron chi connectivity index (χ4n) is 1.73. The maximum atomic E-state index is 11.2. The Morgan fingerprint density at radius 3 is 2.62 bits per heavy atom. The molecule has 1 rings (SSSR count). The number of benzene rings is 1. The van der Waals surface area contributed by atoms with Crippen LogP contribution in [0.15, 0.2) is 18.2 Å². The van der Waals surface area contributed by atoms with Gasteiger partial charge in [-0.1, -0.05) is 0 Å². The number of carboxylic acid groups (broad SMARTS) is 1. The van der Waals surface area contributed by atoms with Crippen molar-refractivity contribution in [1.29, 1.82) is 0 Å². The van der Waals surface area contributed by atoms with E-state index in [1.165, 1.54) is 24.1 Å². The van der Waals surface area contributed by atoms with E-state index in [-0.39, 0.29) is 30.1 Å². The summed E-state index contributed by atoms with van der Waals surface area (Å²) in [6, 6.07) is 3.55. The minimum atomic E-state index is -1.16. The summed E-state index contributed by atoms with van der Waals surface area (Å²) in [5.41, 5.74) is 4.90. The number of nitro benzene ring substituents is 1. The average molecular weight is 297 g/mol. The van der Waals surface area contributed by atoms with Crippen molar-refractivity contribution in [3.8, 4) is 0 Å². The fraction of sp³-hybridized carbons (Fsp3) is 0.333. The van der Waals surface area contributed by atoms with Gasteiger partial charge >= 0.3 is 5.97 Å². The van der Waals surface area contributed by atoms with Gasteiger partial charge in [-0.05, 0) is 12.1 Å². The zero-order valence-electron chi connectivity index (χ0n) is 11.3. The highest BCUT2D eigenvalue weighted by molar-refractivity contribution is 5.95. The Morgan fingerprint density at radius 2 is 2.14 bits per heavy atom. The van der Waals surface area contributed by atoms with E-state index in [0.29, 0.717) is 0 Å². The van der Waals surface area contributed by atoms with Crippen LogP contribution in [0.25, 0.3) is 0 Å². The molecule has 0 unspecified atom stereocenters. The van der Waals surface area contributed by atoms with Crippen molar-refractivity contribution in [3.05, 3.63) is 33.9 Å². The number of nitro groups is 1. The first kappa shape index (κ1) is 16.4. The third-order valence-electron chi connectivity index (χ3n) is 2.69. The van der Waals surface area contributed by atoms with Crippen LogP contribution in [0.1, 0.15) is 10.4 Å². The van der Waals surface area contributed by atoms with E-state index in [0.717, 1.165) is 6.07 Å². The predicted octanol–water partition coefficient (Wildman–Crippen LogP) is 0.231. The number of methoxy groups -OCH3 is 1. The van der Waals surface area contributed by atoms with Crippen LogP contribution in [0.5, 0.6) is 0 Å². The minimum Gasteiger partial charge on any atom is -0.480 e. The van der Waals surface area contributed by atoms with Crippen molar-refractivity contribution in [2.75, 3.05) is 31.7 Å². The molecule has 0 saturated carbocycles. The van der Waals surface area contributed by atoms with Gasteiger partial charge in [-0.25, -0.2) is 0 Å². The number of ether oxygens (including phenoxy) is 1. The van der Waals surface area contributed by atoms with Gasteiger partial charge in [0.25, 0.3) is 5.69 Å². The molecule has 9 heteroatoms. The van der Waals surface area contributed by atoms with E-state index in [4.69, 9.17) is 15.6 Å². The number of anilines is 1. The van der Waals surface area contributed by atoms with Crippen molar-refractivity contribution < 1.29 is 24.4 Å². The van der Waals surface area contributed by atoms with Crippen LogP contribution >= 0.6 is 0 Å². The maximum Gasteiger partial charge on any atom is 0.323 e. The lowest BCUT2D eigenvalue weighted by Gasteiger charge is -2.22. The SMILES string of the molecule is COCCN(CC(=O)O)c1cc(C(N)=O)ccc1[N+](=O)[O-]. The van der Waals surface area contributed by atoms with Gasteiger partial charge < -0.3 is 20.5 Å². The van der Waals surface area contributed by atoms with Gasteiger partial charge in [0.2, 0.25) is 5.91 Å². The molecule has 0 fully saturated rings. The number of rotatable bonds is 8. The van der Waals surface area contributed by atoms with Crippen LogP contribution in [0, 0.1) is 10.1 Å². The molecular weight excluding hydrogens is 282 g/mol. The van der Waals surface area contributed by atoms with Crippen LogP contribution in [-0.2, 0) is 9.53 Å². The lowest BCUT2D eigenvalue weighted by atomic mass is 10.1. The molecule has 0 bridgehead atoms. The van der Waals surface area contributed by atoms with Crippen molar-refractivity contribution in [2.24, 2.45) is 5.73 Å². The topological polar surface area (TPSA) is 136 Å². The first-order chi connectivity index (χ1) is 9.86. The lowest BCUT2D eigenvalue weighted by molar-refractivity contribution is -0.384. The van der Waals surface area contributed by atoms with Crippen molar-refractivity contribution >= 4 is 23.3 Å². The number of hydrogen-bond acceptors (Lipinski definition) is 6. The van der Waals surface area contributed by atoms with Gasteiger partial charge in [0.1, 0.15) is 12.2 Å². The molecule has 0 aromatic heterocycles. The molecule has 0 spiro atoms. The summed E-state index contributed by atoms with van der Waals surface area (Å²) in [5.74, 6) is -1.92. The average Bonchev–Trinajstić information content (AvgIpc) is 2.42. The summed E-state index contributed by atoms with van der Waals surface area (Å²) in [4.78, 5) is 33.7. The molecule has 0 heterocycles. The third-order valence-corrected chi connectivity index (χ3v) is 2.69. The summed E-state index contributed by atoms with van der Waals surface area (Å²) < 4.78 is 4.86. The second-order valence-electron chi connectivity index (χ2n) is 4.13. The number of hydrogen-bond donors (Lipinski definition) is 2. The molecule has 1 aromatic rings. The predicted molar refractivity (Wildman–Crippen MR) is 73.3 cm³/mol. The molecule has 1 amide bonds. The van der Waals surface area contributed by atoms with Crippen molar-refractivity contribution in [3.63, 3.8) is 0 Å². The van der Waals surface area contributed by atoms with E-state index in [1.807, 2.05) is 0 Å². The van der Waals surface area contributed by atoms with E-state index in [1.54, 1.807) is 0 Å². The van der Waals surface area contributed by atoms with E-state index < -0.39 is 23.3 Å². The standard InChI is InChI=1S/C12H15N3O6/c1-21-5-4-14(7-11(16)17)10-6-8(12(13)18)2-3-9(10)15(19)20/h2-3,6H,4-5,7H2,1H3,(H2,13,18)(H,16,17). The van der Waals surface area contributed by atoms with Gasteiger partial charge in [0, 0.05) is 25.3 Å². The summed E-state index contributed by atoms with van der Waals surface area (Å²) in [6.45, 7) is -0.177. The van der Waals surface area contributed by atoms with Crippen molar-refractivity contribution in [2.45, 2.75) is 0 Å². The Bertz CT molecular complexity index is 560. The number of carbonyl (C=O) groups excluding carboxylic acids is 1. The molecule has 0 aliphatic rings. The van der Waals surface area contributed by atoms with E-state index >= 15 is 0 Å². The maximum absolute atomic E-state index is 11.2. The van der Waals surface area contributed by atoms with Gasteiger partial charge in [0.05, 0.1) is 11.5 Å². The van der Waals surface area contributed by atoms with E-state index in [9.17, 15) is 19.7 Å². The highest BCUT2D eigenvalue weighted by Gasteiger charge is 2.22. The second-order valence-corrected chi connectivity index (χ2v) is 4.13. The van der Waals surface area contributed by atoms with Crippen LogP contribution in [0.2, 0.25) is 0 Å². The smallest absolute Gasteiger partial charge is 0.323 e. The fourth-order valence-corrected chi connectivity index (χ4v) is 1.73. The van der Waals surface area contributed by atoms with Gasteiger partial charge in [-0.2, -0.15) is 0 Å². The minimum absolute atomic E-state index is 0.00995. The molecule has 9 nitrogen and oxygen atoms in total. The number of amides is 1. The Hall–Kier alpha value is -2.68. The van der Waals surface area contributed by atoms with Crippen LogP contribution in [0.3, 0.4) is 0 Å². The first-order valence-corrected chi connectivity index (χ1v) is 5.90. The second kappa shape index (κ2) is 7.20. The van der Waals surface area contributed by atoms with Gasteiger partial charge in [0.15, 0.2) is 0 Å². The Labute approximate surface area is 120 Å². The summed E-state index contributed by atoms with van der Waals surface area (Å²) in [5, 5.41) is 20.0. The zero-order chi connectivity index (χ0) is 16.0. The highest BCUT2D eigenvalue weighted by Crippen LogP contribution is 2.29. The molecule has 0 saturated heterocycles. The number of primary amides is 1. The molecule has 0 atom stereocenters. The molecule has 0 aliphatic heterocycles. The Balaban J connectivity index is 3.29. The lowest BCUT2D eigenvalue weighted by Crippen LogP contribution is -2.33. The quantitative estimate of drug-likeness (QED) is 0.517. The summed E-state index contributed by atoms with van der Waals surface area (Å²) >= 11 is 0. The largest absolute Gasteiger partial charge is 0.480 e. The Kier molecular flexibility index (Phi) is 5.61. The Morgan fingerprint density at radius 1 is 1.48 bits per heavy atom. The first-order valence-electron chi connectivity index (χ1n) is 5.90. The molecule has 0 aliphatic carbocycles. The number of carbonyl (C=O) groups is 2. The van der Waals surface area contributed by atoms with Crippen molar-refractivity contribution in [1.82, 2.24) is 0 Å². The molecule has 21 heavy (non-hydrogen) atoms. The third kappa shape index (κ3) is 4.42. The summed E-state index contributed by atoms with van der Waals surface area (Å²) in [6.07, 6.45) is 0. The van der Waals surface area contributed by atoms with Gasteiger partial charge in [-0.3, -0.25) is 19.7 Å². The summed E-state index contributed by atoms with van der Waals surface area (Å²) in [7, 11) is 1.42. The van der Waals surface area contributed by atoms with Crippen LogP contribution in [0.4, 0.5) is 11.4 Å². The van der Waals surface area contributed by atoms with Crippen LogP contribution < -0.4 is 10.6 Å². The molecule has 1 aromatic carbocycles. The zero-order valence-corrected chi connectivity index (χ0v) is 11.3. The monoisotopic (exact) mass is 297 g/mol. The molecule has 114 valence electrons. The normalized spacial score (nSPS) is 10.1. The van der Waals surface area contributed by atoms with Crippen LogP contribution in [-0.4, -0.2) is 48.7 Å². The highest BCUT2D eigenvalue weighted by atomic mass is 16.6. The number of carboxylic acids is 1. The molecule has 0 radical (unpaired) electrons.